The average Bonchev–Trinajstić information content (AvgIpc) is 2.94. The molecule has 0 atom stereocenters. The maximum Gasteiger partial charge on any atom is 0.131 e. The highest BCUT2D eigenvalue weighted by molar-refractivity contribution is 5.97. The molecule has 0 unspecified atom stereocenters. The highest BCUT2D eigenvalue weighted by Crippen LogP contribution is 2.51. The molecule has 6 nitrogen and oxygen atoms in total. The molecule has 0 amide bonds. The van der Waals surface area contributed by atoms with Gasteiger partial charge in [-0.3, -0.25) is 0 Å². The molecule has 0 aromatic heterocycles. The average molecular weight is 539 g/mol. The summed E-state index contributed by atoms with van der Waals surface area (Å²) in [6.07, 6.45) is 0.0983. The zero-order valence-corrected chi connectivity index (χ0v) is 24.6. The van der Waals surface area contributed by atoms with Crippen LogP contribution in [-0.4, -0.2) is 40.5 Å². The van der Waals surface area contributed by atoms with Crippen LogP contribution in [-0.2, 0) is 0 Å². The van der Waals surface area contributed by atoms with Crippen LogP contribution < -0.4 is 28.7 Å². The number of hydrogen-bond acceptors (Lipinski definition) is 6. The van der Waals surface area contributed by atoms with Crippen molar-refractivity contribution in [3.05, 3.63) is 72.8 Å². The Labute approximate surface area is 237 Å². The van der Waals surface area contributed by atoms with Gasteiger partial charge in [0.2, 0.25) is 0 Å². The Morgan fingerprint density at radius 1 is 0.500 bits per heavy atom. The van der Waals surface area contributed by atoms with Crippen LogP contribution in [0.5, 0.6) is 23.0 Å². The molecule has 0 N–H and O–H groups in total. The molecule has 208 valence electrons. The van der Waals surface area contributed by atoms with Crippen LogP contribution >= 0.6 is 0 Å². The Kier molecular flexibility index (Phi) is 7.53. The van der Waals surface area contributed by atoms with Gasteiger partial charge in [0.1, 0.15) is 23.0 Å². The van der Waals surface area contributed by atoms with Gasteiger partial charge in [-0.05, 0) is 87.4 Å². The van der Waals surface area contributed by atoms with Crippen molar-refractivity contribution in [1.82, 2.24) is 0 Å². The van der Waals surface area contributed by atoms with E-state index < -0.39 is 0 Å². The fourth-order valence-electron chi connectivity index (χ4n) is 5.36. The first-order valence-corrected chi connectivity index (χ1v) is 13.7. The third-order valence-electron chi connectivity index (χ3n) is 7.11. The van der Waals surface area contributed by atoms with E-state index in [4.69, 9.17) is 18.9 Å². The van der Waals surface area contributed by atoms with Crippen molar-refractivity contribution in [2.45, 2.75) is 39.9 Å². The number of methoxy groups -OCH3 is 2. The van der Waals surface area contributed by atoms with Gasteiger partial charge in [-0.25, -0.2) is 0 Å². The van der Waals surface area contributed by atoms with Gasteiger partial charge in [0.15, 0.2) is 0 Å². The lowest BCUT2D eigenvalue weighted by Crippen LogP contribution is -2.24. The molecule has 0 saturated carbocycles. The van der Waals surface area contributed by atoms with E-state index in [0.717, 1.165) is 68.0 Å². The van der Waals surface area contributed by atoms with Crippen LogP contribution in [0.4, 0.5) is 22.7 Å². The predicted octanol–water partition coefficient (Wildman–Crippen LogP) is 8.46. The Morgan fingerprint density at radius 3 is 1.23 bits per heavy atom. The molecule has 5 rings (SSSR count). The summed E-state index contributed by atoms with van der Waals surface area (Å²) in [6, 6.07) is 24.9. The summed E-state index contributed by atoms with van der Waals surface area (Å²) in [5.41, 5.74) is 8.39. The molecule has 1 aliphatic rings. The van der Waals surface area contributed by atoms with Crippen molar-refractivity contribution in [2.24, 2.45) is 0 Å². The Balaban J connectivity index is 1.60. The SMILES string of the molecule is COc1cccc(OC(C)C)c1-c1ccc2c(c1)N(C)c1ccc(-c3c(OC)cccc3OC(C)C)cc1N2C. The molecule has 0 radical (unpaired) electrons. The van der Waals surface area contributed by atoms with Gasteiger partial charge in [0.05, 0.1) is 60.3 Å². The second-order valence-electron chi connectivity index (χ2n) is 10.5. The van der Waals surface area contributed by atoms with Crippen molar-refractivity contribution in [1.29, 1.82) is 0 Å². The van der Waals surface area contributed by atoms with Crippen LogP contribution in [0.1, 0.15) is 27.7 Å². The first-order valence-electron chi connectivity index (χ1n) is 13.7. The monoisotopic (exact) mass is 538 g/mol. The van der Waals surface area contributed by atoms with E-state index in [1.54, 1.807) is 14.2 Å². The first kappa shape index (κ1) is 27.3. The normalized spacial score (nSPS) is 12.3. The second kappa shape index (κ2) is 11.0. The van der Waals surface area contributed by atoms with Crippen LogP contribution in [0, 0.1) is 0 Å². The van der Waals surface area contributed by atoms with E-state index >= 15 is 0 Å². The third-order valence-corrected chi connectivity index (χ3v) is 7.11. The molecule has 0 aliphatic carbocycles. The van der Waals surface area contributed by atoms with Crippen molar-refractivity contribution in [3.63, 3.8) is 0 Å². The molecule has 0 saturated heterocycles. The van der Waals surface area contributed by atoms with Crippen molar-refractivity contribution in [2.75, 3.05) is 38.1 Å². The number of nitrogens with zero attached hydrogens (tertiary/aromatic N) is 2. The molecule has 0 bridgehead atoms. The van der Waals surface area contributed by atoms with E-state index in [1.807, 2.05) is 64.1 Å². The molecule has 1 aliphatic heterocycles. The minimum Gasteiger partial charge on any atom is -0.496 e. The summed E-state index contributed by atoms with van der Waals surface area (Å²) in [4.78, 5) is 4.48. The highest BCUT2D eigenvalue weighted by atomic mass is 16.5. The fourth-order valence-corrected chi connectivity index (χ4v) is 5.36. The first-order chi connectivity index (χ1) is 19.2. The van der Waals surface area contributed by atoms with Gasteiger partial charge in [-0.1, -0.05) is 24.3 Å². The van der Waals surface area contributed by atoms with Gasteiger partial charge in [0, 0.05) is 14.1 Å². The molecule has 0 fully saturated rings. The second-order valence-corrected chi connectivity index (χ2v) is 10.5. The molecule has 6 heteroatoms. The smallest absolute Gasteiger partial charge is 0.131 e. The highest BCUT2D eigenvalue weighted by Gasteiger charge is 2.27. The van der Waals surface area contributed by atoms with Crippen LogP contribution in [0.2, 0.25) is 0 Å². The molecule has 0 spiro atoms. The fraction of sp³-hybridized carbons (Fsp3) is 0.294. The molecular weight excluding hydrogens is 500 g/mol. The number of ether oxygens (including phenoxy) is 4. The van der Waals surface area contributed by atoms with Crippen molar-refractivity contribution < 1.29 is 18.9 Å². The predicted molar refractivity (Wildman–Crippen MR) is 165 cm³/mol. The van der Waals surface area contributed by atoms with E-state index in [2.05, 4.69) is 60.3 Å². The molecule has 4 aromatic rings. The zero-order chi connectivity index (χ0) is 28.6. The number of benzene rings is 4. The topological polar surface area (TPSA) is 43.4 Å². The van der Waals surface area contributed by atoms with Gasteiger partial charge in [-0.15, -0.1) is 0 Å². The summed E-state index contributed by atoms with van der Waals surface area (Å²) in [6.45, 7) is 8.14. The standard InChI is InChI=1S/C34H38N2O4/c1-21(2)39-31-13-9-11-29(37-7)33(31)23-15-17-25-27(19-23)35(5)26-18-16-24(20-28(26)36(25)6)34-30(38-8)12-10-14-32(34)40-22(3)4/h9-22H,1-8H3. The number of hydrogen-bond donors (Lipinski definition) is 0. The lowest BCUT2D eigenvalue weighted by Gasteiger charge is -2.37. The van der Waals surface area contributed by atoms with Crippen LogP contribution in [0.3, 0.4) is 0 Å². The lowest BCUT2D eigenvalue weighted by atomic mass is 9.97. The number of fused-ring (bicyclic) bond motifs is 2. The molecule has 1 heterocycles. The summed E-state index contributed by atoms with van der Waals surface area (Å²) >= 11 is 0. The van der Waals surface area contributed by atoms with Crippen molar-refractivity contribution >= 4 is 22.7 Å². The minimum atomic E-state index is 0.0491. The third kappa shape index (κ3) is 4.90. The van der Waals surface area contributed by atoms with Crippen molar-refractivity contribution in [3.8, 4) is 45.3 Å². The van der Waals surface area contributed by atoms with E-state index in [9.17, 15) is 0 Å². The Hall–Kier alpha value is -4.32. The van der Waals surface area contributed by atoms with E-state index in [-0.39, 0.29) is 12.2 Å². The molecular formula is C34H38N2O4. The van der Waals surface area contributed by atoms with Gasteiger partial charge in [-0.2, -0.15) is 0 Å². The van der Waals surface area contributed by atoms with Gasteiger partial charge in [0.25, 0.3) is 0 Å². The number of rotatable bonds is 8. The van der Waals surface area contributed by atoms with Crippen LogP contribution in [0.25, 0.3) is 22.3 Å². The Bertz CT molecular complexity index is 1410. The maximum atomic E-state index is 6.17. The largest absolute Gasteiger partial charge is 0.496 e. The molecule has 40 heavy (non-hydrogen) atoms. The van der Waals surface area contributed by atoms with Gasteiger partial charge < -0.3 is 28.7 Å². The summed E-state index contributed by atoms with van der Waals surface area (Å²) in [5, 5.41) is 0. The maximum absolute atomic E-state index is 6.17. The minimum absolute atomic E-state index is 0.0491. The van der Waals surface area contributed by atoms with E-state index in [0.29, 0.717) is 0 Å². The summed E-state index contributed by atoms with van der Waals surface area (Å²) in [7, 11) is 7.61. The van der Waals surface area contributed by atoms with E-state index in [1.165, 1.54) is 0 Å². The zero-order valence-electron chi connectivity index (χ0n) is 24.6. The lowest BCUT2D eigenvalue weighted by molar-refractivity contribution is 0.242. The summed E-state index contributed by atoms with van der Waals surface area (Å²) in [5.74, 6) is 3.18. The summed E-state index contributed by atoms with van der Waals surface area (Å²) < 4.78 is 23.9. The number of anilines is 4. The quantitative estimate of drug-likeness (QED) is 0.224. The molecule has 4 aromatic carbocycles. The van der Waals surface area contributed by atoms with Crippen LogP contribution in [0.15, 0.2) is 72.8 Å². The Morgan fingerprint density at radius 2 is 0.875 bits per heavy atom. The van der Waals surface area contributed by atoms with Gasteiger partial charge >= 0.3 is 0 Å².